The van der Waals surface area contributed by atoms with Crippen LogP contribution in [-0.4, -0.2) is 126 Å². The molecule has 4 aliphatic heterocycles. The normalized spacial score (nSPS) is 26.5. The zero-order chi connectivity index (χ0) is 45.8. The van der Waals surface area contributed by atoms with E-state index in [1.54, 1.807) is 16.7 Å². The molecule has 6 unspecified atom stereocenters. The number of hydrogen-bond donors (Lipinski definition) is 8. The van der Waals surface area contributed by atoms with Gasteiger partial charge in [-0.25, -0.2) is 12.7 Å². The van der Waals surface area contributed by atoms with E-state index in [1.807, 2.05) is 30.0 Å². The van der Waals surface area contributed by atoms with Crippen LogP contribution in [0.1, 0.15) is 74.1 Å². The molecule has 0 aromatic heterocycles. The third-order valence-corrected chi connectivity index (χ3v) is 16.4. The second kappa shape index (κ2) is 20.9. The molecule has 18 heteroatoms. The third kappa shape index (κ3) is 12.3. The summed E-state index contributed by atoms with van der Waals surface area (Å²) in [6.07, 6.45) is 0.0197. The van der Waals surface area contributed by atoms with Gasteiger partial charge in [0, 0.05) is 61.7 Å². The maximum absolute atomic E-state index is 13.6. The summed E-state index contributed by atoms with van der Waals surface area (Å²) in [5, 5.41) is 42.3. The first kappa shape index (κ1) is 48.4. The van der Waals surface area contributed by atoms with E-state index in [2.05, 4.69) is 114 Å². The number of rotatable bonds is 16. The second-order valence-electron chi connectivity index (χ2n) is 18.6. The minimum Gasteiger partial charge on any atom is -0.392 e. The average Bonchev–Trinajstić information content (AvgIpc) is 4.10. The summed E-state index contributed by atoms with van der Waals surface area (Å²) in [6, 6.07) is 24.2. The van der Waals surface area contributed by atoms with E-state index in [-0.39, 0.29) is 55.3 Å². The lowest BCUT2D eigenvalue weighted by Crippen LogP contribution is -2.59. The quantitative estimate of drug-likeness (QED) is 0.104. The average molecular weight is 937 g/mol. The van der Waals surface area contributed by atoms with Crippen LogP contribution in [0.5, 0.6) is 0 Å². The van der Waals surface area contributed by atoms with Crippen molar-refractivity contribution < 1.29 is 33.0 Å². The first-order valence-electron chi connectivity index (χ1n) is 22.1. The maximum atomic E-state index is 13.6. The van der Waals surface area contributed by atoms with Crippen molar-refractivity contribution in [3.05, 3.63) is 95.1 Å². The molecule has 0 aliphatic carbocycles. The van der Waals surface area contributed by atoms with E-state index in [9.17, 15) is 33.0 Å². The number of nitrogens with one attached hydrogen (secondary N) is 6. The number of amides is 3. The van der Waals surface area contributed by atoms with Crippen molar-refractivity contribution in [3.63, 3.8) is 0 Å². The number of thioether (sulfide) groups is 2. The summed E-state index contributed by atoms with van der Waals surface area (Å²) < 4.78 is 24.9. The Hall–Kier alpha value is -3.56. The molecule has 8 N–H and O–H groups in total. The molecule has 348 valence electrons. The maximum Gasteiger partial charge on any atom is 0.241 e. The van der Waals surface area contributed by atoms with Gasteiger partial charge in [0.2, 0.25) is 27.7 Å². The van der Waals surface area contributed by atoms with Crippen LogP contribution in [-0.2, 0) is 37.5 Å². The molecule has 4 saturated heterocycles. The van der Waals surface area contributed by atoms with Gasteiger partial charge in [-0.2, -0.15) is 0 Å². The highest BCUT2D eigenvalue weighted by molar-refractivity contribution is 8.00. The summed E-state index contributed by atoms with van der Waals surface area (Å²) in [4.78, 5) is 40.7. The number of carbonyl (C=O) groups excluding carboxylic acids is 3. The molecule has 0 radical (unpaired) electrons. The minimum absolute atomic E-state index is 0.0201. The van der Waals surface area contributed by atoms with Crippen LogP contribution in [0.3, 0.4) is 0 Å². The van der Waals surface area contributed by atoms with Crippen LogP contribution in [0.15, 0.2) is 72.8 Å². The highest BCUT2D eigenvalue weighted by atomic mass is 32.2. The summed E-state index contributed by atoms with van der Waals surface area (Å²) in [6.45, 7) is 9.60. The van der Waals surface area contributed by atoms with Crippen LogP contribution >= 0.6 is 23.5 Å². The number of likely N-dealkylation sites (tertiary alicyclic amines) is 1. The Labute approximate surface area is 386 Å². The van der Waals surface area contributed by atoms with Gasteiger partial charge in [-0.3, -0.25) is 24.6 Å². The lowest BCUT2D eigenvalue weighted by molar-refractivity contribution is -0.132. The standard InChI is InChI=1S/C46H64N8O7S3/c1-28-40(63-27-50-28)31-14-12-29(13-15-31)21-48-43(58)38-20-36(55)25-54(38)44(59)41(46(2,3)4)47-22-30-8-6-9-32(18-30)33-10-7-11-34(19-33)37-26-62-45(51-37)52-39(56)23-49-42(57)35-16-17-53(24-35)64(5,60)61/h6-15,18-19,28,35-38,40-41,44-45,47,50-51,55,59H,16-17,20-27H2,1-5H3,(H,48,58)(H,49,57)(H,52,56)/t28?,35?,36-,37?,38+,40?,41-,44?,45?/m1/s1. The lowest BCUT2D eigenvalue weighted by Gasteiger charge is -2.41. The molecule has 7 rings (SSSR count). The Kier molecular flexibility index (Phi) is 15.8. The zero-order valence-corrected chi connectivity index (χ0v) is 39.7. The van der Waals surface area contributed by atoms with E-state index in [0.717, 1.165) is 45.7 Å². The number of aliphatic hydroxyl groups is 2. The molecule has 15 nitrogen and oxygen atoms in total. The number of nitrogens with zero attached hydrogens (tertiary/aromatic N) is 2. The molecule has 0 spiro atoms. The van der Waals surface area contributed by atoms with Crippen LogP contribution in [0.25, 0.3) is 11.1 Å². The van der Waals surface area contributed by atoms with Crippen molar-refractivity contribution in [2.24, 2.45) is 11.3 Å². The van der Waals surface area contributed by atoms with Crippen LogP contribution in [0.4, 0.5) is 0 Å². The second-order valence-corrected chi connectivity index (χ2v) is 22.8. The van der Waals surface area contributed by atoms with Crippen LogP contribution in [0, 0.1) is 11.3 Å². The van der Waals surface area contributed by atoms with Gasteiger partial charge in [-0.15, -0.1) is 23.5 Å². The molecule has 0 bridgehead atoms. The van der Waals surface area contributed by atoms with E-state index < -0.39 is 45.8 Å². The van der Waals surface area contributed by atoms with E-state index in [4.69, 9.17) is 0 Å². The molecule has 3 amide bonds. The van der Waals surface area contributed by atoms with Gasteiger partial charge in [0.25, 0.3) is 0 Å². The first-order valence-corrected chi connectivity index (χ1v) is 26.0. The lowest BCUT2D eigenvalue weighted by atomic mass is 9.84. The number of β-amino-alcohol motifs (C(OH)–C–C–N with tert-alkyl or cyclic N) is 1. The number of carbonyl (C=O) groups is 3. The molecule has 4 aliphatic rings. The fourth-order valence-electron chi connectivity index (χ4n) is 9.00. The van der Waals surface area contributed by atoms with Gasteiger partial charge in [-0.1, -0.05) is 81.4 Å². The van der Waals surface area contributed by atoms with Gasteiger partial charge in [0.15, 0.2) is 0 Å². The van der Waals surface area contributed by atoms with E-state index in [1.165, 1.54) is 9.87 Å². The number of sulfonamides is 1. The Morgan fingerprint density at radius 2 is 1.64 bits per heavy atom. The Morgan fingerprint density at radius 3 is 2.33 bits per heavy atom. The highest BCUT2D eigenvalue weighted by Gasteiger charge is 2.44. The monoisotopic (exact) mass is 936 g/mol. The number of benzene rings is 3. The molecule has 64 heavy (non-hydrogen) atoms. The van der Waals surface area contributed by atoms with Gasteiger partial charge in [0.1, 0.15) is 11.7 Å². The Bertz CT molecular complexity index is 2230. The SMILES string of the molecule is CC1NCSC1c1ccc(CNC(=O)[C@@H]2C[C@@H](O)CN2C(O)[C@@H](NCc2cccc(-c3cccc(C4CSC(NC(=O)CNC(=O)C5CCN(S(C)(=O)=O)C5)N4)c3)c2)C(C)(C)C)cc1. The highest BCUT2D eigenvalue weighted by Crippen LogP contribution is 2.36. The topological polar surface area (TPSA) is 204 Å². The van der Waals surface area contributed by atoms with E-state index in [0.29, 0.717) is 37.3 Å². The van der Waals surface area contributed by atoms with E-state index >= 15 is 0 Å². The molecule has 4 fully saturated rings. The zero-order valence-electron chi connectivity index (χ0n) is 37.3. The van der Waals surface area contributed by atoms with Gasteiger partial charge in [0.05, 0.1) is 36.9 Å². The van der Waals surface area contributed by atoms with Crippen LogP contribution in [0.2, 0.25) is 0 Å². The summed E-state index contributed by atoms with van der Waals surface area (Å²) in [5.74, 6) is 0.314. The largest absolute Gasteiger partial charge is 0.392 e. The van der Waals surface area contributed by atoms with Crippen molar-refractivity contribution in [1.29, 1.82) is 0 Å². The minimum atomic E-state index is -3.36. The first-order chi connectivity index (χ1) is 30.4. The summed E-state index contributed by atoms with van der Waals surface area (Å²) in [5.41, 5.74) is 5.67. The van der Waals surface area contributed by atoms with Gasteiger partial charge >= 0.3 is 0 Å². The Balaban J connectivity index is 0.912. The van der Waals surface area contributed by atoms with Crippen molar-refractivity contribution in [2.75, 3.05) is 44.1 Å². The molecule has 9 atom stereocenters. The molecule has 3 aromatic carbocycles. The fourth-order valence-corrected chi connectivity index (χ4v) is 12.3. The molecule has 4 heterocycles. The molecular formula is C46H64N8O7S3. The van der Waals surface area contributed by atoms with Crippen molar-refractivity contribution in [1.82, 2.24) is 41.1 Å². The van der Waals surface area contributed by atoms with Gasteiger partial charge < -0.3 is 36.8 Å². The van der Waals surface area contributed by atoms with Crippen molar-refractivity contribution in [3.8, 4) is 11.1 Å². The number of aliphatic hydroxyl groups excluding tert-OH is 2. The molecule has 3 aromatic rings. The third-order valence-electron chi connectivity index (χ3n) is 12.7. The summed E-state index contributed by atoms with van der Waals surface area (Å²) in [7, 11) is -3.36. The predicted octanol–water partition coefficient (Wildman–Crippen LogP) is 2.83. The number of hydrogen-bond acceptors (Lipinski definition) is 13. The Morgan fingerprint density at radius 1 is 0.906 bits per heavy atom. The molecular weight excluding hydrogens is 873 g/mol. The molecule has 0 saturated carbocycles. The van der Waals surface area contributed by atoms with Crippen LogP contribution < -0.4 is 31.9 Å². The predicted molar refractivity (Wildman–Crippen MR) is 253 cm³/mol. The fraction of sp³-hybridized carbons (Fsp3) is 0.543. The summed E-state index contributed by atoms with van der Waals surface area (Å²) >= 11 is 3.47. The van der Waals surface area contributed by atoms with Crippen molar-refractivity contribution in [2.45, 2.75) is 101 Å². The van der Waals surface area contributed by atoms with Gasteiger partial charge in [-0.05, 0) is 70.7 Å². The van der Waals surface area contributed by atoms with Crippen molar-refractivity contribution >= 4 is 51.3 Å². The smallest absolute Gasteiger partial charge is 0.241 e.